The van der Waals surface area contributed by atoms with Crippen molar-refractivity contribution in [3.8, 4) is 11.5 Å². The Bertz CT molecular complexity index is 1790. The van der Waals surface area contributed by atoms with E-state index in [9.17, 15) is 25.9 Å². The van der Waals surface area contributed by atoms with E-state index in [1.54, 1.807) is 48.5 Å². The Labute approximate surface area is 283 Å². The molecule has 4 aromatic rings. The third kappa shape index (κ3) is 10.4. The first kappa shape index (κ1) is 35.7. The maximum Gasteiger partial charge on any atom is 0.295 e. The smallest absolute Gasteiger partial charge is 0.295 e. The Morgan fingerprint density at radius 3 is 1.18 bits per heavy atom. The van der Waals surface area contributed by atoms with E-state index in [1.807, 2.05) is 13.8 Å². The monoisotopic (exact) mass is 659 g/mol. The molecule has 0 atom stereocenters. The van der Waals surface area contributed by atoms with Crippen LogP contribution in [0.25, 0.3) is 12.2 Å². The fraction of sp³-hybridized carbons (Fsp3) is 0.133. The van der Waals surface area contributed by atoms with Gasteiger partial charge < -0.3 is 9.47 Å². The number of benzene rings is 4. The van der Waals surface area contributed by atoms with Crippen LogP contribution in [0.5, 0.6) is 11.5 Å². The quantitative estimate of drug-likeness (QED) is 0.0676. The molecule has 0 saturated carbocycles. The molecular formula is C30H28N4NaO8S2. The maximum absolute atomic E-state index is 12.2. The van der Waals surface area contributed by atoms with Gasteiger partial charge in [0.25, 0.3) is 20.2 Å². The van der Waals surface area contributed by atoms with Gasteiger partial charge in [-0.25, -0.2) is 0 Å². The third-order valence-corrected chi connectivity index (χ3v) is 7.67. The van der Waals surface area contributed by atoms with Gasteiger partial charge in [0.2, 0.25) is 0 Å². The van der Waals surface area contributed by atoms with Crippen LogP contribution < -0.4 is 9.47 Å². The van der Waals surface area contributed by atoms with Crippen LogP contribution in [0.2, 0.25) is 0 Å². The number of nitrogens with zero attached hydrogens (tertiary/aromatic N) is 4. The van der Waals surface area contributed by atoms with Crippen molar-refractivity contribution >= 4 is 84.7 Å². The minimum absolute atomic E-state index is 0. The summed E-state index contributed by atoms with van der Waals surface area (Å²) in [4.78, 5) is -0.961. The molecule has 0 aliphatic rings. The van der Waals surface area contributed by atoms with Crippen molar-refractivity contribution in [1.82, 2.24) is 0 Å². The number of hydrogen-bond donors (Lipinski definition) is 2. The first-order valence-electron chi connectivity index (χ1n) is 13.2. The summed E-state index contributed by atoms with van der Waals surface area (Å²) >= 11 is 0. The van der Waals surface area contributed by atoms with E-state index in [4.69, 9.17) is 9.47 Å². The first-order chi connectivity index (χ1) is 21.0. The van der Waals surface area contributed by atoms with Gasteiger partial charge in [-0.05, 0) is 97.8 Å². The molecule has 229 valence electrons. The molecule has 1 radical (unpaired) electrons. The maximum atomic E-state index is 12.2. The molecule has 45 heavy (non-hydrogen) atoms. The number of ether oxygens (including phenoxy) is 2. The van der Waals surface area contributed by atoms with Gasteiger partial charge in [0.1, 0.15) is 21.3 Å². The molecule has 0 spiro atoms. The summed E-state index contributed by atoms with van der Waals surface area (Å²) in [5.41, 5.74) is 1.34. The van der Waals surface area contributed by atoms with Crippen molar-refractivity contribution in [2.45, 2.75) is 23.6 Å². The van der Waals surface area contributed by atoms with Crippen LogP contribution in [-0.4, -0.2) is 68.7 Å². The van der Waals surface area contributed by atoms with Gasteiger partial charge in [-0.2, -0.15) is 37.3 Å². The zero-order chi connectivity index (χ0) is 31.7. The Kier molecular flexibility index (Phi) is 12.7. The molecule has 0 aliphatic carbocycles. The summed E-state index contributed by atoms with van der Waals surface area (Å²) in [6.07, 6.45) is 2.56. The summed E-state index contributed by atoms with van der Waals surface area (Å²) in [6.45, 7) is 4.75. The van der Waals surface area contributed by atoms with Crippen molar-refractivity contribution in [3.05, 3.63) is 96.1 Å². The van der Waals surface area contributed by atoms with Crippen LogP contribution in [0.1, 0.15) is 25.0 Å². The van der Waals surface area contributed by atoms with Crippen LogP contribution in [-0.2, 0) is 20.2 Å². The van der Waals surface area contributed by atoms with E-state index in [1.165, 1.54) is 36.4 Å². The van der Waals surface area contributed by atoms with Gasteiger partial charge in [0, 0.05) is 29.6 Å². The van der Waals surface area contributed by atoms with Crippen molar-refractivity contribution in [1.29, 1.82) is 0 Å². The minimum atomic E-state index is -4.71. The molecule has 4 rings (SSSR count). The Balaban J connectivity index is 0.00000552. The van der Waals surface area contributed by atoms with Crippen LogP contribution >= 0.6 is 0 Å². The zero-order valence-electron chi connectivity index (χ0n) is 24.6. The second-order valence-electron chi connectivity index (χ2n) is 8.98. The van der Waals surface area contributed by atoms with Crippen molar-refractivity contribution in [3.63, 3.8) is 0 Å². The van der Waals surface area contributed by atoms with Crippen molar-refractivity contribution in [2.75, 3.05) is 13.2 Å². The number of hydrogen-bond acceptors (Lipinski definition) is 10. The van der Waals surface area contributed by atoms with Crippen molar-refractivity contribution in [2.24, 2.45) is 20.5 Å². The van der Waals surface area contributed by atoms with E-state index in [0.29, 0.717) is 36.1 Å². The summed E-state index contributed by atoms with van der Waals surface area (Å²) in [5, 5.41) is 16.2. The predicted octanol–water partition coefficient (Wildman–Crippen LogP) is 7.60. The average molecular weight is 660 g/mol. The number of rotatable bonds is 12. The molecule has 0 aliphatic heterocycles. The van der Waals surface area contributed by atoms with E-state index >= 15 is 0 Å². The second kappa shape index (κ2) is 16.0. The fourth-order valence-electron chi connectivity index (χ4n) is 3.85. The molecule has 0 saturated heterocycles. The molecule has 0 unspecified atom stereocenters. The van der Waals surface area contributed by atoms with E-state index < -0.39 is 30.0 Å². The normalized spacial score (nSPS) is 12.1. The summed E-state index contributed by atoms with van der Waals surface area (Å²) < 4.78 is 79.2. The molecule has 4 aromatic carbocycles. The summed E-state index contributed by atoms with van der Waals surface area (Å²) in [7, 11) is -9.43. The van der Waals surface area contributed by atoms with Gasteiger partial charge in [-0.1, -0.05) is 24.3 Å². The molecule has 0 heterocycles. The Hall–Kier alpha value is -3.76. The molecule has 0 amide bonds. The van der Waals surface area contributed by atoms with Gasteiger partial charge >= 0.3 is 0 Å². The van der Waals surface area contributed by atoms with Crippen LogP contribution in [0.15, 0.2) is 115 Å². The van der Waals surface area contributed by atoms with Gasteiger partial charge in [-0.3, -0.25) is 9.11 Å². The fourth-order valence-corrected chi connectivity index (χ4v) is 5.26. The SMILES string of the molecule is CCOc1ccc(N=Nc2ccc(C=Cc3ccc(N=Nc4ccc(OCC)cc4)cc3S(=O)(=O)O)c(S(=O)(=O)O)c2)cc1.[Na]. The van der Waals surface area contributed by atoms with Crippen LogP contribution in [0.3, 0.4) is 0 Å². The van der Waals surface area contributed by atoms with Crippen LogP contribution in [0, 0.1) is 0 Å². The summed E-state index contributed by atoms with van der Waals surface area (Å²) in [5.74, 6) is 1.33. The summed E-state index contributed by atoms with van der Waals surface area (Å²) in [6, 6.07) is 21.5. The van der Waals surface area contributed by atoms with Crippen molar-refractivity contribution < 1.29 is 35.4 Å². The standard InChI is InChI=1S/C30H28N4O8S2.Na/c1-3-41-27-15-11-23(12-16-27)31-33-25-9-7-21(29(19-25)43(35,36)37)5-6-22-8-10-26(20-30(22)44(38,39)40)34-32-24-13-17-28(18-14-24)42-4-2;/h5-20H,3-4H2,1-2H3,(H,35,36,37)(H,38,39,40);. The number of azo groups is 2. The van der Waals surface area contributed by atoms with E-state index in [0.717, 1.165) is 12.1 Å². The zero-order valence-corrected chi connectivity index (χ0v) is 28.2. The molecule has 0 fully saturated rings. The van der Waals surface area contributed by atoms with E-state index in [2.05, 4.69) is 20.5 Å². The molecular weight excluding hydrogens is 631 g/mol. The topological polar surface area (TPSA) is 177 Å². The average Bonchev–Trinajstić information content (AvgIpc) is 2.99. The van der Waals surface area contributed by atoms with Gasteiger partial charge in [-0.15, -0.1) is 0 Å². The first-order valence-corrected chi connectivity index (χ1v) is 16.0. The van der Waals surface area contributed by atoms with Gasteiger partial charge in [0.15, 0.2) is 0 Å². The molecule has 2 N–H and O–H groups in total. The molecule has 0 bridgehead atoms. The molecule has 15 heteroatoms. The Morgan fingerprint density at radius 2 is 0.867 bits per heavy atom. The Morgan fingerprint density at radius 1 is 0.556 bits per heavy atom. The van der Waals surface area contributed by atoms with Crippen LogP contribution in [0.4, 0.5) is 22.7 Å². The largest absolute Gasteiger partial charge is 0.494 e. The second-order valence-corrected chi connectivity index (χ2v) is 11.8. The molecule has 0 aromatic heterocycles. The minimum Gasteiger partial charge on any atom is -0.494 e. The molecule has 12 nitrogen and oxygen atoms in total. The van der Waals surface area contributed by atoms with E-state index in [-0.39, 0.29) is 52.1 Å². The third-order valence-electron chi connectivity index (χ3n) is 5.85. The predicted molar refractivity (Wildman–Crippen MR) is 171 cm³/mol. The van der Waals surface area contributed by atoms with Gasteiger partial charge in [0.05, 0.1) is 36.0 Å².